The molecular formula is C20H24ClN3O3S. The molecule has 0 aromatic heterocycles. The predicted molar refractivity (Wildman–Crippen MR) is 110 cm³/mol. The molecule has 150 valence electrons. The minimum Gasteiger partial charge on any atom is -0.323 e. The van der Waals surface area contributed by atoms with Gasteiger partial charge in [0.15, 0.2) is 0 Å². The number of carbonyl (C=O) groups excluding carboxylic acids is 3. The normalized spacial score (nSPS) is 30.9. The van der Waals surface area contributed by atoms with Gasteiger partial charge in [0.05, 0.1) is 22.5 Å². The maximum absolute atomic E-state index is 13.4. The molecule has 2 saturated heterocycles. The zero-order chi connectivity index (χ0) is 20.1. The lowest BCUT2D eigenvalue weighted by Crippen LogP contribution is -2.53. The number of nitrogens with one attached hydrogen (secondary N) is 2. The van der Waals surface area contributed by atoms with Gasteiger partial charge in [-0.1, -0.05) is 37.1 Å². The fourth-order valence-corrected chi connectivity index (χ4v) is 5.59. The van der Waals surface area contributed by atoms with Gasteiger partial charge in [0.1, 0.15) is 5.54 Å². The average molecular weight is 422 g/mol. The minimum atomic E-state index is -1.23. The first-order valence-electron chi connectivity index (χ1n) is 9.69. The van der Waals surface area contributed by atoms with E-state index in [0.29, 0.717) is 29.2 Å². The quantitative estimate of drug-likeness (QED) is 0.690. The summed E-state index contributed by atoms with van der Waals surface area (Å²) in [6.07, 6.45) is 4.38. The largest absolute Gasteiger partial charge is 0.323 e. The molecule has 3 amide bonds. The van der Waals surface area contributed by atoms with E-state index in [1.165, 1.54) is 4.90 Å². The van der Waals surface area contributed by atoms with Crippen LogP contribution >= 0.6 is 23.4 Å². The Balaban J connectivity index is 1.82. The number of thioether (sulfide) groups is 1. The highest BCUT2D eigenvalue weighted by molar-refractivity contribution is 7.98. The summed E-state index contributed by atoms with van der Waals surface area (Å²) in [4.78, 5) is 41.2. The van der Waals surface area contributed by atoms with E-state index in [2.05, 4.69) is 10.6 Å². The Labute approximate surface area is 173 Å². The van der Waals surface area contributed by atoms with Crippen LogP contribution in [-0.4, -0.2) is 47.2 Å². The number of halogens is 1. The van der Waals surface area contributed by atoms with Crippen LogP contribution in [0.1, 0.15) is 31.7 Å². The van der Waals surface area contributed by atoms with Crippen molar-refractivity contribution in [1.82, 2.24) is 10.2 Å². The van der Waals surface area contributed by atoms with Gasteiger partial charge < -0.3 is 5.32 Å². The zero-order valence-electron chi connectivity index (χ0n) is 16.0. The number of amides is 3. The van der Waals surface area contributed by atoms with Crippen molar-refractivity contribution in [1.29, 1.82) is 0 Å². The third kappa shape index (κ3) is 2.63. The lowest BCUT2D eigenvalue weighted by molar-refractivity contribution is -0.142. The Kier molecular flexibility index (Phi) is 5.18. The molecule has 2 N–H and O–H groups in total. The Morgan fingerprint density at radius 3 is 2.75 bits per heavy atom. The summed E-state index contributed by atoms with van der Waals surface area (Å²) < 4.78 is 0. The molecular weight excluding hydrogens is 398 g/mol. The average Bonchev–Trinajstić information content (AvgIpc) is 3.25. The second kappa shape index (κ2) is 7.35. The number of unbranched alkanes of at least 4 members (excludes halogenated alkanes) is 1. The summed E-state index contributed by atoms with van der Waals surface area (Å²) in [5.41, 5.74) is -0.0230. The minimum absolute atomic E-state index is 0.151. The van der Waals surface area contributed by atoms with Gasteiger partial charge in [0.2, 0.25) is 17.7 Å². The molecule has 6 nitrogen and oxygen atoms in total. The van der Waals surface area contributed by atoms with E-state index < -0.39 is 17.4 Å². The molecule has 1 aromatic rings. The van der Waals surface area contributed by atoms with Crippen molar-refractivity contribution < 1.29 is 14.4 Å². The van der Waals surface area contributed by atoms with Gasteiger partial charge in [-0.15, -0.1) is 0 Å². The number of anilines is 1. The SMILES string of the molecule is CCCCN1C(=O)[C@H]2[C@@H](C1=O)[C@@]1(N[C@@H]2CCSC)C(=O)Nc2c(Cl)cccc21. The van der Waals surface area contributed by atoms with E-state index in [4.69, 9.17) is 11.6 Å². The summed E-state index contributed by atoms with van der Waals surface area (Å²) >= 11 is 8.00. The van der Waals surface area contributed by atoms with Crippen LogP contribution in [0.15, 0.2) is 18.2 Å². The van der Waals surface area contributed by atoms with E-state index in [-0.39, 0.29) is 23.8 Å². The molecule has 1 aromatic carbocycles. The number of benzene rings is 1. The highest BCUT2D eigenvalue weighted by Crippen LogP contribution is 2.54. The van der Waals surface area contributed by atoms with Crippen molar-refractivity contribution >= 4 is 46.8 Å². The maximum atomic E-state index is 13.4. The second-order valence-electron chi connectivity index (χ2n) is 7.64. The number of para-hydroxylation sites is 1. The molecule has 0 radical (unpaired) electrons. The topological polar surface area (TPSA) is 78.5 Å². The molecule has 4 atom stereocenters. The molecule has 28 heavy (non-hydrogen) atoms. The van der Waals surface area contributed by atoms with E-state index in [0.717, 1.165) is 18.6 Å². The van der Waals surface area contributed by atoms with Gasteiger partial charge in [0.25, 0.3) is 0 Å². The van der Waals surface area contributed by atoms with Gasteiger partial charge in [-0.25, -0.2) is 0 Å². The number of carbonyl (C=O) groups is 3. The predicted octanol–water partition coefficient (Wildman–Crippen LogP) is 2.61. The standard InChI is InChI=1S/C20H24ClN3O3S/c1-3-4-9-24-17(25)14-13(8-10-28-2)23-20(15(14)18(24)26)11-6-5-7-12(21)16(11)22-19(20)27/h5-7,13-15,23H,3-4,8-10H2,1-2H3,(H,22,27)/t13-,14-,15+,20-/m1/s1. The maximum Gasteiger partial charge on any atom is 0.250 e. The number of rotatable bonds is 6. The van der Waals surface area contributed by atoms with Crippen LogP contribution in [0.3, 0.4) is 0 Å². The molecule has 2 fully saturated rings. The first-order chi connectivity index (χ1) is 13.5. The molecule has 3 aliphatic rings. The van der Waals surface area contributed by atoms with Crippen molar-refractivity contribution in [2.24, 2.45) is 11.8 Å². The molecule has 8 heteroatoms. The molecule has 1 spiro atoms. The molecule has 4 rings (SSSR count). The van der Waals surface area contributed by atoms with E-state index in [1.807, 2.05) is 19.2 Å². The number of hydrogen-bond donors (Lipinski definition) is 2. The molecule has 3 aliphatic heterocycles. The third-order valence-corrected chi connectivity index (χ3v) is 7.12. The van der Waals surface area contributed by atoms with Crippen LogP contribution in [0.25, 0.3) is 0 Å². The Morgan fingerprint density at radius 2 is 2.04 bits per heavy atom. The summed E-state index contributed by atoms with van der Waals surface area (Å²) in [5.74, 6) is -1.10. The molecule has 0 saturated carbocycles. The second-order valence-corrected chi connectivity index (χ2v) is 9.03. The van der Waals surface area contributed by atoms with Gasteiger partial charge in [-0.05, 0) is 30.9 Å². The van der Waals surface area contributed by atoms with Crippen molar-refractivity contribution in [2.75, 3.05) is 23.9 Å². The van der Waals surface area contributed by atoms with Gasteiger partial charge >= 0.3 is 0 Å². The third-order valence-electron chi connectivity index (χ3n) is 6.16. The van der Waals surface area contributed by atoms with Crippen LogP contribution in [-0.2, 0) is 19.9 Å². The molecule has 0 bridgehead atoms. The van der Waals surface area contributed by atoms with Crippen molar-refractivity contribution in [3.63, 3.8) is 0 Å². The number of nitrogens with zero attached hydrogens (tertiary/aromatic N) is 1. The number of hydrogen-bond acceptors (Lipinski definition) is 5. The van der Waals surface area contributed by atoms with Crippen LogP contribution in [0, 0.1) is 11.8 Å². The van der Waals surface area contributed by atoms with Gasteiger partial charge in [-0.2, -0.15) is 11.8 Å². The van der Waals surface area contributed by atoms with Gasteiger partial charge in [0, 0.05) is 18.2 Å². The lowest BCUT2D eigenvalue weighted by atomic mass is 9.76. The van der Waals surface area contributed by atoms with Crippen molar-refractivity contribution in [3.8, 4) is 0 Å². The van der Waals surface area contributed by atoms with Crippen LogP contribution < -0.4 is 10.6 Å². The Bertz CT molecular complexity index is 848. The number of likely N-dealkylation sites (tertiary alicyclic amines) is 1. The highest BCUT2D eigenvalue weighted by atomic mass is 35.5. The van der Waals surface area contributed by atoms with Crippen LogP contribution in [0.5, 0.6) is 0 Å². The van der Waals surface area contributed by atoms with Crippen molar-refractivity contribution in [3.05, 3.63) is 28.8 Å². The fraction of sp³-hybridized carbons (Fsp3) is 0.550. The number of fused-ring (bicyclic) bond motifs is 4. The monoisotopic (exact) mass is 421 g/mol. The fourth-order valence-electron chi connectivity index (χ4n) is 4.88. The van der Waals surface area contributed by atoms with E-state index in [9.17, 15) is 14.4 Å². The van der Waals surface area contributed by atoms with Crippen LogP contribution in [0.2, 0.25) is 5.02 Å². The molecule has 3 heterocycles. The molecule has 0 unspecified atom stereocenters. The smallest absolute Gasteiger partial charge is 0.250 e. The van der Waals surface area contributed by atoms with E-state index in [1.54, 1.807) is 23.9 Å². The summed E-state index contributed by atoms with van der Waals surface area (Å²) in [6.45, 7) is 2.44. The Hall–Kier alpha value is -1.57. The lowest BCUT2D eigenvalue weighted by Gasteiger charge is -2.29. The van der Waals surface area contributed by atoms with Gasteiger partial charge in [-0.3, -0.25) is 24.6 Å². The zero-order valence-corrected chi connectivity index (χ0v) is 17.5. The van der Waals surface area contributed by atoms with Crippen molar-refractivity contribution in [2.45, 2.75) is 37.8 Å². The first kappa shape index (κ1) is 19.7. The first-order valence-corrected chi connectivity index (χ1v) is 11.5. The van der Waals surface area contributed by atoms with E-state index >= 15 is 0 Å². The van der Waals surface area contributed by atoms with Crippen LogP contribution in [0.4, 0.5) is 5.69 Å². The Morgan fingerprint density at radius 1 is 1.25 bits per heavy atom. The summed E-state index contributed by atoms with van der Waals surface area (Å²) in [6, 6.07) is 5.10. The highest BCUT2D eigenvalue weighted by Gasteiger charge is 2.70. The summed E-state index contributed by atoms with van der Waals surface area (Å²) in [7, 11) is 0. The number of imide groups is 1. The molecule has 0 aliphatic carbocycles. The summed E-state index contributed by atoms with van der Waals surface area (Å²) in [5, 5.41) is 6.72.